The third kappa shape index (κ3) is 3.16. The van der Waals surface area contributed by atoms with E-state index in [1.165, 1.54) is 0 Å². The van der Waals surface area contributed by atoms with E-state index in [0.29, 0.717) is 33.7 Å². The first kappa shape index (κ1) is 17.9. The molecule has 2 heterocycles. The molecule has 0 atom stereocenters. The Balaban J connectivity index is 1.80. The van der Waals surface area contributed by atoms with E-state index in [4.69, 9.17) is 0 Å². The molecule has 0 aliphatic carbocycles. The first-order valence-corrected chi connectivity index (χ1v) is 10.0. The van der Waals surface area contributed by atoms with Crippen LogP contribution in [0.2, 0.25) is 0 Å². The summed E-state index contributed by atoms with van der Waals surface area (Å²) in [4.78, 5) is 16.9. The van der Waals surface area contributed by atoms with E-state index in [1.807, 2.05) is 18.2 Å². The largest absolute Gasteiger partial charge is 0.320 e. The molecule has 28 heavy (non-hydrogen) atoms. The summed E-state index contributed by atoms with van der Waals surface area (Å²) in [6.07, 6.45) is 1.68. The minimum Gasteiger partial charge on any atom is -0.320 e. The summed E-state index contributed by atoms with van der Waals surface area (Å²) in [6, 6.07) is 16.0. The van der Waals surface area contributed by atoms with Crippen molar-refractivity contribution >= 4 is 44.3 Å². The van der Waals surface area contributed by atoms with Crippen LogP contribution in [-0.4, -0.2) is 19.3 Å². The SMILES string of the molecule is C=C(C)C(=O)Nc1cccc2ccc(/C=C3/NS(=O)(=O)c4ccccc43)nc12. The molecule has 7 heteroatoms. The van der Waals surface area contributed by atoms with Crippen LogP contribution in [0.15, 0.2) is 71.6 Å². The Morgan fingerprint density at radius 3 is 2.68 bits per heavy atom. The van der Waals surface area contributed by atoms with Gasteiger partial charge in [0.05, 0.1) is 27.5 Å². The van der Waals surface area contributed by atoms with Gasteiger partial charge in [0.15, 0.2) is 0 Å². The van der Waals surface area contributed by atoms with E-state index in [-0.39, 0.29) is 10.8 Å². The zero-order valence-electron chi connectivity index (χ0n) is 15.1. The van der Waals surface area contributed by atoms with Gasteiger partial charge in [-0.05, 0) is 31.2 Å². The summed E-state index contributed by atoms with van der Waals surface area (Å²) < 4.78 is 27.1. The maximum atomic E-state index is 12.3. The monoisotopic (exact) mass is 391 g/mol. The van der Waals surface area contributed by atoms with Gasteiger partial charge in [-0.25, -0.2) is 13.4 Å². The number of aromatic nitrogens is 1. The van der Waals surface area contributed by atoms with Crippen molar-refractivity contribution in [3.05, 3.63) is 78.0 Å². The molecule has 0 unspecified atom stereocenters. The van der Waals surface area contributed by atoms with Gasteiger partial charge in [-0.1, -0.05) is 43.0 Å². The Morgan fingerprint density at radius 2 is 1.89 bits per heavy atom. The number of benzene rings is 2. The predicted molar refractivity (Wildman–Crippen MR) is 110 cm³/mol. The number of anilines is 1. The fraction of sp³-hybridized carbons (Fsp3) is 0.0476. The van der Waals surface area contributed by atoms with E-state index in [0.717, 1.165) is 5.39 Å². The van der Waals surface area contributed by atoms with Crippen molar-refractivity contribution in [1.29, 1.82) is 0 Å². The summed E-state index contributed by atoms with van der Waals surface area (Å²) in [5.41, 5.74) is 3.21. The number of hydrogen-bond acceptors (Lipinski definition) is 4. The number of pyridine rings is 1. The first-order chi connectivity index (χ1) is 13.3. The third-order valence-electron chi connectivity index (χ3n) is 4.38. The smallest absolute Gasteiger partial charge is 0.262 e. The van der Waals surface area contributed by atoms with E-state index >= 15 is 0 Å². The standard InChI is InChI=1S/C21H17N3O3S/c1-13(2)21(25)23-17-8-5-6-14-10-11-15(22-20(14)17)12-18-16-7-3-4-9-19(16)28(26,27)24-18/h3-12,24H,1H2,2H3,(H,23,25)/b18-12+. The number of carbonyl (C=O) groups excluding carboxylic acids is 1. The summed E-state index contributed by atoms with van der Waals surface area (Å²) in [7, 11) is -3.56. The molecule has 2 aromatic carbocycles. The number of amides is 1. The first-order valence-electron chi connectivity index (χ1n) is 8.56. The Morgan fingerprint density at radius 1 is 1.11 bits per heavy atom. The van der Waals surface area contributed by atoms with Crippen molar-refractivity contribution in [3.8, 4) is 0 Å². The number of sulfonamides is 1. The molecular weight excluding hydrogens is 374 g/mol. The van der Waals surface area contributed by atoms with Crippen molar-refractivity contribution in [1.82, 2.24) is 9.71 Å². The second kappa shape index (κ2) is 6.61. The van der Waals surface area contributed by atoms with Crippen LogP contribution in [0, 0.1) is 0 Å². The lowest BCUT2D eigenvalue weighted by Gasteiger charge is -2.09. The molecule has 0 spiro atoms. The average Bonchev–Trinajstić information content (AvgIpc) is 2.92. The highest BCUT2D eigenvalue weighted by Crippen LogP contribution is 2.31. The lowest BCUT2D eigenvalue weighted by atomic mass is 10.1. The fourth-order valence-electron chi connectivity index (χ4n) is 3.01. The maximum Gasteiger partial charge on any atom is 0.262 e. The molecule has 4 rings (SSSR count). The van der Waals surface area contributed by atoms with Crippen molar-refractivity contribution in [2.24, 2.45) is 0 Å². The molecule has 0 bridgehead atoms. The second-order valence-electron chi connectivity index (χ2n) is 6.51. The normalized spacial score (nSPS) is 15.8. The Bertz CT molecular complexity index is 1280. The Hall–Kier alpha value is -3.45. The molecular formula is C21H17N3O3S. The van der Waals surface area contributed by atoms with Crippen LogP contribution in [0.1, 0.15) is 18.2 Å². The van der Waals surface area contributed by atoms with Gasteiger partial charge in [-0.15, -0.1) is 0 Å². The summed E-state index contributed by atoms with van der Waals surface area (Å²) in [5.74, 6) is -0.282. The van der Waals surface area contributed by atoms with Crippen molar-refractivity contribution in [3.63, 3.8) is 0 Å². The Kier molecular flexibility index (Phi) is 4.24. The molecule has 0 radical (unpaired) electrons. The summed E-state index contributed by atoms with van der Waals surface area (Å²) >= 11 is 0. The van der Waals surface area contributed by atoms with Gasteiger partial charge in [0.25, 0.3) is 15.9 Å². The highest BCUT2D eigenvalue weighted by molar-refractivity contribution is 7.90. The predicted octanol–water partition coefficient (Wildman–Crippen LogP) is 3.54. The molecule has 1 aliphatic rings. The number of carbonyl (C=O) groups is 1. The van der Waals surface area contributed by atoms with Gasteiger partial charge in [-0.3, -0.25) is 9.52 Å². The lowest BCUT2D eigenvalue weighted by molar-refractivity contribution is -0.112. The van der Waals surface area contributed by atoms with E-state index in [9.17, 15) is 13.2 Å². The topological polar surface area (TPSA) is 88.2 Å². The quantitative estimate of drug-likeness (QED) is 0.669. The highest BCUT2D eigenvalue weighted by atomic mass is 32.2. The van der Waals surface area contributed by atoms with Crippen LogP contribution in [0.4, 0.5) is 5.69 Å². The molecule has 6 nitrogen and oxygen atoms in total. The van der Waals surface area contributed by atoms with Crippen molar-refractivity contribution in [2.75, 3.05) is 5.32 Å². The molecule has 140 valence electrons. The number of rotatable bonds is 3. The lowest BCUT2D eigenvalue weighted by Crippen LogP contribution is -2.13. The van der Waals surface area contributed by atoms with Crippen molar-refractivity contribution < 1.29 is 13.2 Å². The minimum atomic E-state index is -3.56. The number of para-hydroxylation sites is 1. The molecule has 0 saturated heterocycles. The molecule has 0 fully saturated rings. The van der Waals surface area contributed by atoms with E-state index < -0.39 is 10.0 Å². The molecule has 0 saturated carbocycles. The zero-order valence-corrected chi connectivity index (χ0v) is 15.9. The van der Waals surface area contributed by atoms with E-state index in [1.54, 1.807) is 49.4 Å². The Labute approximate surface area is 162 Å². The van der Waals surface area contributed by atoms with Gasteiger partial charge in [0, 0.05) is 16.5 Å². The van der Waals surface area contributed by atoms with Gasteiger partial charge < -0.3 is 5.32 Å². The molecule has 1 aliphatic heterocycles. The molecule has 1 amide bonds. The number of hydrogen-bond donors (Lipinski definition) is 2. The fourth-order valence-corrected chi connectivity index (χ4v) is 4.30. The van der Waals surface area contributed by atoms with Crippen LogP contribution in [-0.2, 0) is 14.8 Å². The number of fused-ring (bicyclic) bond motifs is 2. The van der Waals surface area contributed by atoms with Gasteiger partial charge in [0.1, 0.15) is 0 Å². The van der Waals surface area contributed by atoms with E-state index in [2.05, 4.69) is 21.6 Å². The summed E-state index contributed by atoms with van der Waals surface area (Å²) in [6.45, 7) is 5.28. The van der Waals surface area contributed by atoms with Crippen LogP contribution in [0.5, 0.6) is 0 Å². The average molecular weight is 391 g/mol. The molecule has 2 N–H and O–H groups in total. The molecule has 3 aromatic rings. The zero-order chi connectivity index (χ0) is 19.9. The minimum absolute atomic E-state index is 0.247. The third-order valence-corrected chi connectivity index (χ3v) is 5.80. The highest BCUT2D eigenvalue weighted by Gasteiger charge is 2.28. The van der Waals surface area contributed by atoms with Gasteiger partial charge in [0.2, 0.25) is 0 Å². The van der Waals surface area contributed by atoms with Crippen LogP contribution < -0.4 is 10.0 Å². The van der Waals surface area contributed by atoms with Crippen LogP contribution >= 0.6 is 0 Å². The van der Waals surface area contributed by atoms with Gasteiger partial charge in [-0.2, -0.15) is 0 Å². The second-order valence-corrected chi connectivity index (χ2v) is 8.16. The molecule has 1 aromatic heterocycles. The number of nitrogens with one attached hydrogen (secondary N) is 2. The maximum absolute atomic E-state index is 12.3. The van der Waals surface area contributed by atoms with Crippen LogP contribution in [0.25, 0.3) is 22.7 Å². The van der Waals surface area contributed by atoms with Crippen LogP contribution in [0.3, 0.4) is 0 Å². The summed E-state index contributed by atoms with van der Waals surface area (Å²) in [5, 5.41) is 3.66. The van der Waals surface area contributed by atoms with Crippen molar-refractivity contribution in [2.45, 2.75) is 11.8 Å². The van der Waals surface area contributed by atoms with Gasteiger partial charge >= 0.3 is 0 Å². The number of nitrogens with zero attached hydrogens (tertiary/aromatic N) is 1.